The number of carbonyl (C=O) groups excluding carboxylic acids is 1. The van der Waals surface area contributed by atoms with Gasteiger partial charge in [0.2, 0.25) is 5.91 Å². The minimum absolute atomic E-state index is 0.0290. The molecule has 2 rings (SSSR count). The fourth-order valence-corrected chi connectivity index (χ4v) is 1.49. The number of anilines is 1. The highest BCUT2D eigenvalue weighted by Crippen LogP contribution is 2.17. The average molecular weight is 205 g/mol. The maximum Gasteiger partial charge on any atom is 0.239 e. The number of rotatable bonds is 2. The van der Waals surface area contributed by atoms with Crippen LogP contribution in [0, 0.1) is 6.92 Å². The van der Waals surface area contributed by atoms with Crippen LogP contribution in [-0.2, 0) is 11.3 Å². The number of nitrogen functional groups attached to an aromatic ring is 1. The van der Waals surface area contributed by atoms with E-state index in [-0.39, 0.29) is 6.54 Å². The lowest BCUT2D eigenvalue weighted by Crippen LogP contribution is -2.19. The number of hydrogen-bond acceptors (Lipinski definition) is 4. The Kier molecular flexibility index (Phi) is 2.03. The highest BCUT2D eigenvalue weighted by atomic mass is 16.1. The maximum absolute atomic E-state index is 10.8. The molecule has 6 heteroatoms. The molecule has 6 nitrogen and oxygen atoms in total. The van der Waals surface area contributed by atoms with Crippen LogP contribution in [0.1, 0.15) is 5.69 Å². The van der Waals surface area contributed by atoms with E-state index in [1.807, 2.05) is 6.92 Å². The van der Waals surface area contributed by atoms with Crippen LogP contribution in [0.3, 0.4) is 0 Å². The van der Waals surface area contributed by atoms with E-state index >= 15 is 0 Å². The van der Waals surface area contributed by atoms with E-state index in [0.29, 0.717) is 11.3 Å². The van der Waals surface area contributed by atoms with Gasteiger partial charge in [-0.1, -0.05) is 0 Å². The first-order chi connectivity index (χ1) is 7.08. The number of nitrogens with two attached hydrogens (primary N) is 2. The van der Waals surface area contributed by atoms with Gasteiger partial charge in [-0.05, 0) is 13.0 Å². The van der Waals surface area contributed by atoms with Crippen molar-refractivity contribution in [2.45, 2.75) is 13.5 Å². The van der Waals surface area contributed by atoms with Crippen molar-refractivity contribution in [2.24, 2.45) is 5.73 Å². The van der Waals surface area contributed by atoms with Crippen molar-refractivity contribution in [3.05, 3.63) is 18.0 Å². The number of carbonyl (C=O) groups is 1. The van der Waals surface area contributed by atoms with Crippen molar-refractivity contribution in [2.75, 3.05) is 5.73 Å². The molecule has 78 valence electrons. The van der Waals surface area contributed by atoms with E-state index in [1.165, 1.54) is 10.9 Å². The zero-order chi connectivity index (χ0) is 11.0. The summed E-state index contributed by atoms with van der Waals surface area (Å²) in [5.74, 6) is -0.446. The van der Waals surface area contributed by atoms with Crippen molar-refractivity contribution in [3.63, 3.8) is 0 Å². The zero-order valence-electron chi connectivity index (χ0n) is 8.27. The zero-order valence-corrected chi connectivity index (χ0v) is 8.27. The third-order valence-corrected chi connectivity index (χ3v) is 2.10. The Hall–Kier alpha value is -2.11. The second kappa shape index (κ2) is 3.23. The summed E-state index contributed by atoms with van der Waals surface area (Å²) in [6.45, 7) is 1.86. The van der Waals surface area contributed by atoms with Gasteiger partial charge in [0.25, 0.3) is 0 Å². The molecule has 0 aromatic carbocycles. The molecule has 4 N–H and O–H groups in total. The van der Waals surface area contributed by atoms with Gasteiger partial charge < -0.3 is 11.5 Å². The standard InChI is InChI=1S/C9H11N5O/c1-5-7-2-6(10)3-12-9(7)14(13-5)4-8(11)15/h2-3H,4,10H2,1H3,(H2,11,15). The van der Waals surface area contributed by atoms with Gasteiger partial charge in [-0.3, -0.25) is 4.79 Å². The van der Waals surface area contributed by atoms with Gasteiger partial charge in [0.15, 0.2) is 5.65 Å². The molecule has 15 heavy (non-hydrogen) atoms. The summed E-state index contributed by atoms with van der Waals surface area (Å²) in [4.78, 5) is 14.9. The summed E-state index contributed by atoms with van der Waals surface area (Å²) in [5, 5.41) is 5.01. The molecule has 0 aliphatic heterocycles. The Morgan fingerprint density at radius 3 is 3.00 bits per heavy atom. The van der Waals surface area contributed by atoms with Gasteiger partial charge >= 0.3 is 0 Å². The topological polar surface area (TPSA) is 99.8 Å². The molecule has 2 aromatic rings. The molecule has 0 saturated heterocycles. The van der Waals surface area contributed by atoms with Crippen LogP contribution >= 0.6 is 0 Å². The van der Waals surface area contributed by atoms with E-state index in [1.54, 1.807) is 6.07 Å². The third kappa shape index (κ3) is 1.61. The highest BCUT2D eigenvalue weighted by Gasteiger charge is 2.10. The summed E-state index contributed by atoms with van der Waals surface area (Å²) in [7, 11) is 0. The minimum atomic E-state index is -0.446. The molecule has 0 aliphatic carbocycles. The molecule has 1 amide bonds. The number of primary amides is 1. The summed E-state index contributed by atoms with van der Waals surface area (Å²) in [6.07, 6.45) is 1.53. The SMILES string of the molecule is Cc1nn(CC(N)=O)c2ncc(N)cc12. The van der Waals surface area contributed by atoms with E-state index in [9.17, 15) is 4.79 Å². The van der Waals surface area contributed by atoms with Crippen LogP contribution < -0.4 is 11.5 Å². The number of pyridine rings is 1. The van der Waals surface area contributed by atoms with E-state index in [0.717, 1.165) is 11.1 Å². The number of nitrogens with zero attached hydrogens (tertiary/aromatic N) is 3. The van der Waals surface area contributed by atoms with Gasteiger partial charge in [0.1, 0.15) is 6.54 Å². The minimum Gasteiger partial charge on any atom is -0.397 e. The van der Waals surface area contributed by atoms with Crippen molar-refractivity contribution in [1.82, 2.24) is 14.8 Å². The van der Waals surface area contributed by atoms with E-state index in [2.05, 4.69) is 10.1 Å². The third-order valence-electron chi connectivity index (χ3n) is 2.10. The van der Waals surface area contributed by atoms with Crippen LogP contribution in [0.15, 0.2) is 12.3 Å². The molecule has 2 heterocycles. The molecule has 0 fully saturated rings. The molecule has 2 aromatic heterocycles. The van der Waals surface area contributed by atoms with E-state index < -0.39 is 5.91 Å². The van der Waals surface area contributed by atoms with Gasteiger partial charge in [-0.15, -0.1) is 0 Å². The Morgan fingerprint density at radius 1 is 1.60 bits per heavy atom. The Bertz CT molecular complexity index is 531. The molecule has 0 spiro atoms. The molecule has 0 bridgehead atoms. The Balaban J connectivity index is 2.62. The van der Waals surface area contributed by atoms with Crippen LogP contribution in [0.25, 0.3) is 11.0 Å². The van der Waals surface area contributed by atoms with Crippen molar-refractivity contribution < 1.29 is 4.79 Å². The lowest BCUT2D eigenvalue weighted by molar-refractivity contribution is -0.118. The molecular weight excluding hydrogens is 194 g/mol. The summed E-state index contributed by atoms with van der Waals surface area (Å²) >= 11 is 0. The summed E-state index contributed by atoms with van der Waals surface area (Å²) < 4.78 is 1.48. The summed E-state index contributed by atoms with van der Waals surface area (Å²) in [6, 6.07) is 1.78. The smallest absolute Gasteiger partial charge is 0.239 e. The largest absolute Gasteiger partial charge is 0.397 e. The fourth-order valence-electron chi connectivity index (χ4n) is 1.49. The Morgan fingerprint density at radius 2 is 2.33 bits per heavy atom. The monoisotopic (exact) mass is 205 g/mol. The number of hydrogen-bond donors (Lipinski definition) is 2. The molecule has 0 unspecified atom stereocenters. The Labute approximate surface area is 85.9 Å². The fraction of sp³-hybridized carbons (Fsp3) is 0.222. The predicted molar refractivity (Wildman–Crippen MR) is 55.9 cm³/mol. The van der Waals surface area contributed by atoms with Gasteiger partial charge in [-0.25, -0.2) is 9.67 Å². The van der Waals surface area contributed by atoms with Crippen molar-refractivity contribution in [1.29, 1.82) is 0 Å². The average Bonchev–Trinajstić information content (AvgIpc) is 2.42. The van der Waals surface area contributed by atoms with Crippen molar-refractivity contribution in [3.8, 4) is 0 Å². The lowest BCUT2D eigenvalue weighted by Gasteiger charge is -1.98. The number of aromatic nitrogens is 3. The van der Waals surface area contributed by atoms with Gasteiger partial charge in [0, 0.05) is 5.39 Å². The first-order valence-electron chi connectivity index (χ1n) is 4.45. The first kappa shape index (κ1) is 9.45. The number of amides is 1. The van der Waals surface area contributed by atoms with Crippen LogP contribution in [-0.4, -0.2) is 20.7 Å². The molecule has 0 atom stereocenters. The second-order valence-electron chi connectivity index (χ2n) is 3.35. The predicted octanol–water partition coefficient (Wildman–Crippen LogP) is -0.193. The number of fused-ring (bicyclic) bond motifs is 1. The van der Waals surface area contributed by atoms with Crippen LogP contribution in [0.4, 0.5) is 5.69 Å². The first-order valence-corrected chi connectivity index (χ1v) is 4.45. The van der Waals surface area contributed by atoms with Crippen LogP contribution in [0.2, 0.25) is 0 Å². The van der Waals surface area contributed by atoms with Crippen LogP contribution in [0.5, 0.6) is 0 Å². The molecule has 0 aliphatic rings. The second-order valence-corrected chi connectivity index (χ2v) is 3.35. The number of aryl methyl sites for hydroxylation is 1. The maximum atomic E-state index is 10.8. The molecule has 0 radical (unpaired) electrons. The summed E-state index contributed by atoms with van der Waals surface area (Å²) in [5.41, 5.74) is 12.7. The van der Waals surface area contributed by atoms with Crippen molar-refractivity contribution >= 4 is 22.6 Å². The normalized spacial score (nSPS) is 10.7. The van der Waals surface area contributed by atoms with Gasteiger partial charge in [-0.2, -0.15) is 5.10 Å². The van der Waals surface area contributed by atoms with E-state index in [4.69, 9.17) is 11.5 Å². The lowest BCUT2D eigenvalue weighted by atomic mass is 10.2. The molecular formula is C9H11N5O. The molecule has 0 saturated carbocycles. The quantitative estimate of drug-likeness (QED) is 0.709. The van der Waals surface area contributed by atoms with Gasteiger partial charge in [0.05, 0.1) is 17.6 Å². The highest BCUT2D eigenvalue weighted by molar-refractivity contribution is 5.82.